The van der Waals surface area contributed by atoms with Gasteiger partial charge in [0.2, 0.25) is 0 Å². The minimum absolute atomic E-state index is 0.306. The van der Waals surface area contributed by atoms with Crippen molar-refractivity contribution in [2.75, 3.05) is 13.2 Å². The van der Waals surface area contributed by atoms with Gasteiger partial charge in [0.1, 0.15) is 0 Å². The molecule has 1 unspecified atom stereocenters. The highest BCUT2D eigenvalue weighted by molar-refractivity contribution is 5.26. The maximum Gasteiger partial charge on any atom is 0.0809 e. The fourth-order valence-electron chi connectivity index (χ4n) is 2.26. The van der Waals surface area contributed by atoms with Crippen molar-refractivity contribution in [2.45, 2.75) is 52.0 Å². The third kappa shape index (κ3) is 4.94. The van der Waals surface area contributed by atoms with Gasteiger partial charge in [-0.05, 0) is 24.0 Å². The molecule has 19 heavy (non-hydrogen) atoms. The van der Waals surface area contributed by atoms with Gasteiger partial charge in [0.25, 0.3) is 0 Å². The molecule has 1 aromatic rings. The highest BCUT2D eigenvalue weighted by Gasteiger charge is 2.15. The molecule has 1 aliphatic rings. The summed E-state index contributed by atoms with van der Waals surface area (Å²) < 4.78 is 11.4. The third-order valence-electron chi connectivity index (χ3n) is 3.40. The summed E-state index contributed by atoms with van der Waals surface area (Å²) in [6, 6.07) is 8.97. The quantitative estimate of drug-likeness (QED) is 0.820. The largest absolute Gasteiger partial charge is 0.376 e. The topological polar surface area (TPSA) is 30.5 Å². The minimum Gasteiger partial charge on any atom is -0.376 e. The van der Waals surface area contributed by atoms with Crippen LogP contribution in [0, 0.1) is 0 Å². The molecule has 0 radical (unpaired) electrons. The number of rotatable bonds is 7. The predicted octanol–water partition coefficient (Wildman–Crippen LogP) is 2.88. The third-order valence-corrected chi connectivity index (χ3v) is 3.40. The van der Waals surface area contributed by atoms with E-state index in [1.807, 2.05) is 0 Å². The van der Waals surface area contributed by atoms with E-state index in [0.29, 0.717) is 25.4 Å². The van der Waals surface area contributed by atoms with Crippen molar-refractivity contribution >= 4 is 0 Å². The molecule has 0 spiro atoms. The van der Waals surface area contributed by atoms with Crippen LogP contribution in [0.1, 0.15) is 37.8 Å². The van der Waals surface area contributed by atoms with Crippen molar-refractivity contribution < 1.29 is 9.47 Å². The lowest BCUT2D eigenvalue weighted by atomic mass is 10.1. The summed E-state index contributed by atoms with van der Waals surface area (Å²) in [6.45, 7) is 7.51. The standard InChI is InChI=1S/C16H25NO2/c1-13(2)17-10-14-6-3-4-7-15(14)11-18-12-16-8-5-9-19-16/h3-4,6-7,13,16-17H,5,8-12H2,1-2H3. The van der Waals surface area contributed by atoms with Gasteiger partial charge in [-0.1, -0.05) is 38.1 Å². The van der Waals surface area contributed by atoms with Crippen LogP contribution in [0.4, 0.5) is 0 Å². The van der Waals surface area contributed by atoms with Gasteiger partial charge in [-0.2, -0.15) is 0 Å². The van der Waals surface area contributed by atoms with E-state index in [1.54, 1.807) is 0 Å². The molecule has 2 rings (SSSR count). The maximum absolute atomic E-state index is 5.80. The summed E-state index contributed by atoms with van der Waals surface area (Å²) in [5, 5.41) is 3.45. The number of hydrogen-bond acceptors (Lipinski definition) is 3. The van der Waals surface area contributed by atoms with Crippen molar-refractivity contribution in [3.8, 4) is 0 Å². The van der Waals surface area contributed by atoms with Gasteiger partial charge in [-0.15, -0.1) is 0 Å². The lowest BCUT2D eigenvalue weighted by Crippen LogP contribution is -2.22. The molecule has 0 amide bonds. The average Bonchev–Trinajstić information content (AvgIpc) is 2.91. The van der Waals surface area contributed by atoms with E-state index >= 15 is 0 Å². The van der Waals surface area contributed by atoms with Gasteiger partial charge in [0, 0.05) is 19.2 Å². The molecule has 1 aromatic carbocycles. The van der Waals surface area contributed by atoms with Crippen LogP contribution in [0.5, 0.6) is 0 Å². The zero-order valence-corrected chi connectivity index (χ0v) is 12.0. The van der Waals surface area contributed by atoms with Gasteiger partial charge in [0.15, 0.2) is 0 Å². The molecular weight excluding hydrogens is 238 g/mol. The number of hydrogen-bond donors (Lipinski definition) is 1. The Morgan fingerprint density at radius 1 is 1.32 bits per heavy atom. The maximum atomic E-state index is 5.80. The molecule has 0 aliphatic carbocycles. The van der Waals surface area contributed by atoms with Gasteiger partial charge in [-0.25, -0.2) is 0 Å². The molecule has 0 bridgehead atoms. The highest BCUT2D eigenvalue weighted by atomic mass is 16.5. The summed E-state index contributed by atoms with van der Waals surface area (Å²) in [6.07, 6.45) is 2.61. The summed E-state index contributed by atoms with van der Waals surface area (Å²) in [4.78, 5) is 0. The van der Waals surface area contributed by atoms with Crippen LogP contribution in [-0.4, -0.2) is 25.4 Å². The summed E-state index contributed by atoms with van der Waals surface area (Å²) in [5.41, 5.74) is 2.59. The molecule has 0 aromatic heterocycles. The van der Waals surface area contributed by atoms with E-state index in [-0.39, 0.29) is 0 Å². The number of ether oxygens (including phenoxy) is 2. The predicted molar refractivity (Wildman–Crippen MR) is 77.0 cm³/mol. The zero-order valence-electron chi connectivity index (χ0n) is 12.0. The van der Waals surface area contributed by atoms with Gasteiger partial charge < -0.3 is 14.8 Å². The van der Waals surface area contributed by atoms with E-state index in [9.17, 15) is 0 Å². The van der Waals surface area contributed by atoms with E-state index in [1.165, 1.54) is 17.5 Å². The second-order valence-corrected chi connectivity index (χ2v) is 5.45. The van der Waals surface area contributed by atoms with Crippen LogP contribution in [0.3, 0.4) is 0 Å². The van der Waals surface area contributed by atoms with Crippen LogP contribution < -0.4 is 5.32 Å². The van der Waals surface area contributed by atoms with Crippen LogP contribution >= 0.6 is 0 Å². The van der Waals surface area contributed by atoms with Crippen LogP contribution in [0.2, 0.25) is 0 Å². The van der Waals surface area contributed by atoms with Gasteiger partial charge >= 0.3 is 0 Å². The van der Waals surface area contributed by atoms with Gasteiger partial charge in [0.05, 0.1) is 19.3 Å². The lowest BCUT2D eigenvalue weighted by Gasteiger charge is -2.14. The fraction of sp³-hybridized carbons (Fsp3) is 0.625. The first-order valence-electron chi connectivity index (χ1n) is 7.25. The molecule has 1 fully saturated rings. The first-order valence-corrected chi connectivity index (χ1v) is 7.25. The molecule has 1 saturated heterocycles. The first kappa shape index (κ1) is 14.5. The minimum atomic E-state index is 0.306. The SMILES string of the molecule is CC(C)NCc1ccccc1COCC1CCCO1. The van der Waals surface area contributed by atoms with Crippen molar-refractivity contribution in [1.29, 1.82) is 0 Å². The molecule has 1 heterocycles. The molecule has 3 heteroatoms. The van der Waals surface area contributed by atoms with Crippen molar-refractivity contribution in [3.05, 3.63) is 35.4 Å². The molecule has 1 aliphatic heterocycles. The monoisotopic (exact) mass is 263 g/mol. The van der Waals surface area contributed by atoms with Gasteiger partial charge in [-0.3, -0.25) is 0 Å². The Labute approximate surface area is 116 Å². The van der Waals surface area contributed by atoms with Crippen LogP contribution in [-0.2, 0) is 22.6 Å². The normalized spacial score (nSPS) is 19.2. The summed E-state index contributed by atoms with van der Waals surface area (Å²) in [7, 11) is 0. The Balaban J connectivity index is 1.80. The van der Waals surface area contributed by atoms with E-state index < -0.39 is 0 Å². The molecule has 1 N–H and O–H groups in total. The molecule has 0 saturated carbocycles. The van der Waals surface area contributed by atoms with Crippen molar-refractivity contribution in [3.63, 3.8) is 0 Å². The van der Waals surface area contributed by atoms with Crippen molar-refractivity contribution in [2.24, 2.45) is 0 Å². The first-order chi connectivity index (χ1) is 9.25. The van der Waals surface area contributed by atoms with Crippen LogP contribution in [0.15, 0.2) is 24.3 Å². The molecular formula is C16H25NO2. The second-order valence-electron chi connectivity index (χ2n) is 5.45. The Kier molecular flexibility index (Phi) is 5.83. The zero-order chi connectivity index (χ0) is 13.5. The van der Waals surface area contributed by atoms with Crippen molar-refractivity contribution in [1.82, 2.24) is 5.32 Å². The Morgan fingerprint density at radius 2 is 2.11 bits per heavy atom. The number of benzene rings is 1. The molecule has 106 valence electrons. The smallest absolute Gasteiger partial charge is 0.0809 e. The second kappa shape index (κ2) is 7.63. The Hall–Kier alpha value is -0.900. The molecule has 1 atom stereocenters. The number of nitrogens with one attached hydrogen (secondary N) is 1. The van der Waals surface area contributed by atoms with Crippen LogP contribution in [0.25, 0.3) is 0 Å². The van der Waals surface area contributed by atoms with E-state index in [0.717, 1.165) is 19.6 Å². The van der Waals surface area contributed by atoms with E-state index in [4.69, 9.17) is 9.47 Å². The lowest BCUT2D eigenvalue weighted by molar-refractivity contribution is 0.0104. The summed E-state index contributed by atoms with van der Waals surface area (Å²) in [5.74, 6) is 0. The summed E-state index contributed by atoms with van der Waals surface area (Å²) >= 11 is 0. The molecule has 3 nitrogen and oxygen atoms in total. The Morgan fingerprint density at radius 3 is 2.79 bits per heavy atom. The van der Waals surface area contributed by atoms with E-state index in [2.05, 4.69) is 43.4 Å². The highest BCUT2D eigenvalue weighted by Crippen LogP contribution is 2.14. The Bertz CT molecular complexity index is 373. The average molecular weight is 263 g/mol. The fourth-order valence-corrected chi connectivity index (χ4v) is 2.26.